The number of halogens is 1. The molecular formula is C21H24ClN3O4S. The Kier molecular flexibility index (Phi) is 6.02. The Morgan fingerprint density at radius 3 is 2.43 bits per heavy atom. The van der Waals surface area contributed by atoms with Crippen LogP contribution >= 0.6 is 11.6 Å². The summed E-state index contributed by atoms with van der Waals surface area (Å²) in [7, 11) is -2.31. The summed E-state index contributed by atoms with van der Waals surface area (Å²) < 4.78 is 32.5. The Hall–Kier alpha value is -2.13. The number of ether oxygens (including phenoxy) is 1. The van der Waals surface area contributed by atoms with Gasteiger partial charge in [-0.3, -0.25) is 10.2 Å². The van der Waals surface area contributed by atoms with Crippen molar-refractivity contribution in [3.63, 3.8) is 0 Å². The van der Waals surface area contributed by atoms with Crippen molar-refractivity contribution in [3.8, 4) is 5.75 Å². The Morgan fingerprint density at radius 1 is 1.07 bits per heavy atom. The summed E-state index contributed by atoms with van der Waals surface area (Å²) in [6.45, 7) is 0. The first-order valence-electron chi connectivity index (χ1n) is 9.80. The first kappa shape index (κ1) is 21.1. The Labute approximate surface area is 181 Å². The molecule has 5 atom stereocenters. The lowest BCUT2D eigenvalue weighted by Crippen LogP contribution is -2.48. The van der Waals surface area contributed by atoms with Gasteiger partial charge in [-0.05, 0) is 42.7 Å². The summed E-state index contributed by atoms with van der Waals surface area (Å²) in [5, 5.41) is -0.0937. The van der Waals surface area contributed by atoms with E-state index in [0.717, 1.165) is 11.3 Å². The molecule has 4 rings (SSSR count). The number of hydrogen-bond acceptors (Lipinski definition) is 6. The maximum atomic E-state index is 12.9. The van der Waals surface area contributed by atoms with E-state index in [-0.39, 0.29) is 28.2 Å². The molecule has 3 N–H and O–H groups in total. The smallest absolute Gasteiger partial charge is 0.264 e. The van der Waals surface area contributed by atoms with Crippen LogP contribution in [0.15, 0.2) is 59.5 Å². The molecule has 1 saturated carbocycles. The maximum Gasteiger partial charge on any atom is 0.264 e. The van der Waals surface area contributed by atoms with Crippen molar-refractivity contribution in [1.82, 2.24) is 15.6 Å². The van der Waals surface area contributed by atoms with Crippen molar-refractivity contribution in [3.05, 3.63) is 60.2 Å². The molecule has 0 radical (unpaired) electrons. The van der Waals surface area contributed by atoms with Gasteiger partial charge in [0.2, 0.25) is 0 Å². The number of hydrazine groups is 1. The van der Waals surface area contributed by atoms with Gasteiger partial charge < -0.3 is 4.74 Å². The number of carbonyl (C=O) groups excluding carboxylic acids is 1. The lowest BCUT2D eigenvalue weighted by molar-refractivity contribution is -0.122. The van der Waals surface area contributed by atoms with Crippen molar-refractivity contribution in [2.24, 2.45) is 5.92 Å². The normalized spacial score (nSPS) is 28.5. The second-order valence-corrected chi connectivity index (χ2v) is 9.93. The van der Waals surface area contributed by atoms with Gasteiger partial charge in [-0.25, -0.2) is 18.6 Å². The zero-order valence-electron chi connectivity index (χ0n) is 16.4. The number of benzene rings is 2. The summed E-state index contributed by atoms with van der Waals surface area (Å²) in [5.41, 5.74) is 7.18. The van der Waals surface area contributed by atoms with Crippen molar-refractivity contribution in [2.45, 2.75) is 41.1 Å². The number of amides is 1. The number of alkyl halides is 1. The third-order valence-corrected chi connectivity index (χ3v) is 7.77. The fourth-order valence-corrected chi connectivity index (χ4v) is 5.80. The van der Waals surface area contributed by atoms with Gasteiger partial charge in [0, 0.05) is 23.3 Å². The van der Waals surface area contributed by atoms with E-state index in [4.69, 9.17) is 16.3 Å². The molecule has 5 unspecified atom stereocenters. The van der Waals surface area contributed by atoms with E-state index < -0.39 is 22.0 Å². The summed E-state index contributed by atoms with van der Waals surface area (Å²) in [6.07, 6.45) is 1.33. The van der Waals surface area contributed by atoms with Crippen molar-refractivity contribution < 1.29 is 17.9 Å². The van der Waals surface area contributed by atoms with E-state index in [0.29, 0.717) is 12.8 Å². The quantitative estimate of drug-likeness (QED) is 0.605. The van der Waals surface area contributed by atoms with Gasteiger partial charge in [0.15, 0.2) is 0 Å². The van der Waals surface area contributed by atoms with Crippen LogP contribution in [0.5, 0.6) is 5.75 Å². The predicted molar refractivity (Wildman–Crippen MR) is 114 cm³/mol. The topological polar surface area (TPSA) is 96.5 Å². The average Bonchev–Trinajstić information content (AvgIpc) is 3.16. The summed E-state index contributed by atoms with van der Waals surface area (Å²) in [4.78, 5) is 12.9. The fourth-order valence-electron chi connectivity index (χ4n) is 4.34. The number of rotatable bonds is 5. The Morgan fingerprint density at radius 2 is 1.77 bits per heavy atom. The zero-order valence-corrected chi connectivity index (χ0v) is 18.0. The maximum absolute atomic E-state index is 12.9. The monoisotopic (exact) mass is 449 g/mol. The van der Waals surface area contributed by atoms with E-state index in [1.807, 2.05) is 24.3 Å². The minimum absolute atomic E-state index is 0.00261. The minimum atomic E-state index is -3.93. The molecule has 1 saturated heterocycles. The molecule has 1 aliphatic carbocycles. The molecule has 7 nitrogen and oxygen atoms in total. The third-order valence-electron chi connectivity index (χ3n) is 5.93. The Bertz CT molecular complexity index is 1000. The summed E-state index contributed by atoms with van der Waals surface area (Å²) in [5.74, 6) is 0.172. The van der Waals surface area contributed by atoms with Gasteiger partial charge in [0.1, 0.15) is 11.8 Å². The molecule has 1 heterocycles. The van der Waals surface area contributed by atoms with Crippen molar-refractivity contribution in [2.75, 3.05) is 7.11 Å². The van der Waals surface area contributed by atoms with Crippen LogP contribution in [0.3, 0.4) is 0 Å². The highest BCUT2D eigenvalue weighted by Crippen LogP contribution is 2.42. The number of fused-ring (bicyclic) bond motifs is 1. The molecule has 2 aromatic carbocycles. The van der Waals surface area contributed by atoms with Crippen LogP contribution in [0.1, 0.15) is 24.3 Å². The molecule has 1 amide bonds. The SMILES string of the molecule is COc1ccc(C2CC3C(CC2Cl)NNC3C(=O)NS(=O)(=O)c2ccccc2)cc1. The van der Waals surface area contributed by atoms with Crippen LogP contribution in [0.25, 0.3) is 0 Å². The van der Waals surface area contributed by atoms with Gasteiger partial charge in [0.25, 0.3) is 15.9 Å². The third kappa shape index (κ3) is 4.18. The molecule has 160 valence electrons. The molecule has 2 aromatic rings. The Balaban J connectivity index is 1.50. The average molecular weight is 450 g/mol. The van der Waals surface area contributed by atoms with Gasteiger partial charge in [-0.1, -0.05) is 30.3 Å². The summed E-state index contributed by atoms with van der Waals surface area (Å²) >= 11 is 6.68. The van der Waals surface area contributed by atoms with E-state index in [1.54, 1.807) is 25.3 Å². The molecule has 30 heavy (non-hydrogen) atoms. The van der Waals surface area contributed by atoms with Crippen LogP contribution in [-0.2, 0) is 14.8 Å². The van der Waals surface area contributed by atoms with Crippen LogP contribution in [0.2, 0.25) is 0 Å². The fraction of sp³-hybridized carbons (Fsp3) is 0.381. The van der Waals surface area contributed by atoms with E-state index >= 15 is 0 Å². The van der Waals surface area contributed by atoms with Gasteiger partial charge in [-0.15, -0.1) is 11.6 Å². The molecule has 0 bridgehead atoms. The number of sulfonamides is 1. The zero-order chi connectivity index (χ0) is 21.3. The number of methoxy groups -OCH3 is 1. The van der Waals surface area contributed by atoms with Gasteiger partial charge in [0.05, 0.1) is 12.0 Å². The molecule has 9 heteroatoms. The molecule has 2 fully saturated rings. The molecule has 1 aliphatic heterocycles. The highest BCUT2D eigenvalue weighted by atomic mass is 35.5. The van der Waals surface area contributed by atoms with E-state index in [9.17, 15) is 13.2 Å². The standard InChI is InChI=1S/C21H24ClN3O4S/c1-29-14-9-7-13(8-10-14)16-11-17-19(12-18(16)22)23-24-20(17)21(26)25-30(27,28)15-5-3-2-4-6-15/h2-10,16-20,23-24H,11-12H2,1H3,(H,25,26). The molecule has 0 aromatic heterocycles. The van der Waals surface area contributed by atoms with Gasteiger partial charge >= 0.3 is 0 Å². The number of nitrogens with one attached hydrogen (secondary N) is 3. The van der Waals surface area contributed by atoms with Crippen LogP contribution < -0.4 is 20.3 Å². The van der Waals surface area contributed by atoms with Crippen molar-refractivity contribution in [1.29, 1.82) is 0 Å². The number of hydrogen-bond donors (Lipinski definition) is 3. The largest absolute Gasteiger partial charge is 0.497 e. The second-order valence-electron chi connectivity index (χ2n) is 7.69. The minimum Gasteiger partial charge on any atom is -0.497 e. The highest BCUT2D eigenvalue weighted by Gasteiger charge is 2.47. The van der Waals surface area contributed by atoms with E-state index in [2.05, 4.69) is 15.6 Å². The summed E-state index contributed by atoms with van der Waals surface area (Å²) in [6, 6.07) is 15.0. The van der Waals surface area contributed by atoms with Crippen LogP contribution in [-0.4, -0.2) is 38.9 Å². The lowest BCUT2D eigenvalue weighted by Gasteiger charge is -2.36. The van der Waals surface area contributed by atoms with Gasteiger partial charge in [-0.2, -0.15) is 0 Å². The van der Waals surface area contributed by atoms with E-state index in [1.165, 1.54) is 12.1 Å². The number of carbonyl (C=O) groups is 1. The highest BCUT2D eigenvalue weighted by molar-refractivity contribution is 7.90. The molecule has 2 aliphatic rings. The lowest BCUT2D eigenvalue weighted by atomic mass is 9.73. The molecular weight excluding hydrogens is 426 g/mol. The first-order chi connectivity index (χ1) is 14.4. The van der Waals surface area contributed by atoms with Crippen LogP contribution in [0.4, 0.5) is 0 Å². The van der Waals surface area contributed by atoms with Crippen molar-refractivity contribution >= 4 is 27.5 Å². The van der Waals surface area contributed by atoms with Crippen LogP contribution in [0, 0.1) is 5.92 Å². The predicted octanol–water partition coefficient (Wildman–Crippen LogP) is 2.15. The first-order valence-corrected chi connectivity index (χ1v) is 11.7. The second kappa shape index (κ2) is 8.55. The molecule has 0 spiro atoms.